The summed E-state index contributed by atoms with van der Waals surface area (Å²) in [4.78, 5) is 2.44. The number of nitrogens with zero attached hydrogens (tertiary/aromatic N) is 1. The summed E-state index contributed by atoms with van der Waals surface area (Å²) in [6.45, 7) is 1.70. The zero-order valence-corrected chi connectivity index (χ0v) is 17.0. The molecule has 2 atom stereocenters. The van der Waals surface area contributed by atoms with Crippen molar-refractivity contribution in [3.05, 3.63) is 89.5 Å². The summed E-state index contributed by atoms with van der Waals surface area (Å²) in [5, 5.41) is 9.78. The fourth-order valence-electron chi connectivity index (χ4n) is 4.55. The van der Waals surface area contributed by atoms with Crippen molar-refractivity contribution >= 4 is 5.69 Å². The van der Waals surface area contributed by atoms with Gasteiger partial charge in [-0.15, -0.1) is 0 Å². The van der Waals surface area contributed by atoms with Gasteiger partial charge >= 0.3 is 0 Å². The van der Waals surface area contributed by atoms with Crippen molar-refractivity contribution in [1.29, 1.82) is 0 Å². The highest BCUT2D eigenvalue weighted by molar-refractivity contribution is 5.57. The Labute approximate surface area is 177 Å². The van der Waals surface area contributed by atoms with Gasteiger partial charge in [-0.25, -0.2) is 0 Å². The Morgan fingerprint density at radius 1 is 0.933 bits per heavy atom. The van der Waals surface area contributed by atoms with Crippen LogP contribution in [0.25, 0.3) is 0 Å². The predicted octanol–water partition coefficient (Wildman–Crippen LogP) is 5.45. The summed E-state index contributed by atoms with van der Waals surface area (Å²) >= 11 is 0. The molecule has 1 fully saturated rings. The van der Waals surface area contributed by atoms with Crippen molar-refractivity contribution in [1.82, 2.24) is 0 Å². The summed E-state index contributed by atoms with van der Waals surface area (Å²) < 4.78 is 11.9. The van der Waals surface area contributed by atoms with Gasteiger partial charge < -0.3 is 19.5 Å². The molecule has 2 unspecified atom stereocenters. The van der Waals surface area contributed by atoms with Crippen LogP contribution in [0.5, 0.6) is 11.5 Å². The van der Waals surface area contributed by atoms with Crippen molar-refractivity contribution < 1.29 is 14.6 Å². The van der Waals surface area contributed by atoms with Crippen LogP contribution < -0.4 is 9.64 Å². The Morgan fingerprint density at radius 3 is 2.53 bits per heavy atom. The molecule has 30 heavy (non-hydrogen) atoms. The van der Waals surface area contributed by atoms with Crippen molar-refractivity contribution in [3.63, 3.8) is 0 Å². The lowest BCUT2D eigenvalue weighted by Crippen LogP contribution is -2.36. The number of rotatable bonds is 4. The van der Waals surface area contributed by atoms with Gasteiger partial charge in [0.05, 0.1) is 12.6 Å². The van der Waals surface area contributed by atoms with Crippen LogP contribution in [0, 0.1) is 0 Å². The molecule has 0 radical (unpaired) electrons. The molecule has 0 amide bonds. The Morgan fingerprint density at radius 2 is 1.77 bits per heavy atom. The molecule has 4 heteroatoms. The van der Waals surface area contributed by atoms with E-state index in [-0.39, 0.29) is 18.1 Å². The van der Waals surface area contributed by atoms with Gasteiger partial charge in [-0.05, 0) is 72.4 Å². The number of benzene rings is 3. The largest absolute Gasteiger partial charge is 0.508 e. The van der Waals surface area contributed by atoms with Crippen LogP contribution in [0.2, 0.25) is 0 Å². The molecule has 0 spiro atoms. The first-order chi connectivity index (χ1) is 14.8. The maximum Gasteiger partial charge on any atom is 0.199 e. The molecular formula is C26H27NO3. The topological polar surface area (TPSA) is 41.9 Å². The third kappa shape index (κ3) is 3.88. The molecule has 5 rings (SSSR count). The third-order valence-electron chi connectivity index (χ3n) is 6.04. The summed E-state index contributed by atoms with van der Waals surface area (Å²) in [6.07, 6.45) is 4.06. The summed E-state index contributed by atoms with van der Waals surface area (Å²) in [6, 6.07) is 24.7. The first-order valence-electron chi connectivity index (χ1n) is 10.8. The van der Waals surface area contributed by atoms with Gasteiger partial charge in [0.25, 0.3) is 0 Å². The van der Waals surface area contributed by atoms with Crippen LogP contribution in [-0.4, -0.2) is 24.5 Å². The van der Waals surface area contributed by atoms with Gasteiger partial charge in [0.1, 0.15) is 11.5 Å². The molecule has 0 saturated carbocycles. The molecule has 3 aromatic rings. The smallest absolute Gasteiger partial charge is 0.199 e. The number of anilines is 1. The highest BCUT2D eigenvalue weighted by atomic mass is 16.7. The Balaban J connectivity index is 1.50. The molecule has 3 aromatic carbocycles. The number of phenols is 1. The second kappa shape index (κ2) is 8.41. The van der Waals surface area contributed by atoms with E-state index < -0.39 is 0 Å². The lowest BCUT2D eigenvalue weighted by molar-refractivity contribution is -0.105. The van der Waals surface area contributed by atoms with Crippen molar-refractivity contribution in [2.24, 2.45) is 0 Å². The van der Waals surface area contributed by atoms with Crippen molar-refractivity contribution in [3.8, 4) is 11.5 Å². The molecule has 2 heterocycles. The van der Waals surface area contributed by atoms with Gasteiger partial charge in [-0.3, -0.25) is 0 Å². The number of hydrogen-bond donors (Lipinski definition) is 1. The first kappa shape index (κ1) is 19.0. The van der Waals surface area contributed by atoms with E-state index in [9.17, 15) is 5.11 Å². The molecule has 4 nitrogen and oxygen atoms in total. The lowest BCUT2D eigenvalue weighted by atomic mass is 9.87. The van der Waals surface area contributed by atoms with Crippen LogP contribution in [0.1, 0.15) is 42.0 Å². The zero-order chi connectivity index (χ0) is 20.3. The molecule has 154 valence electrons. The molecule has 2 aliphatic heterocycles. The second-order valence-electron chi connectivity index (χ2n) is 8.05. The minimum Gasteiger partial charge on any atom is -0.508 e. The maximum absolute atomic E-state index is 9.78. The van der Waals surface area contributed by atoms with Crippen LogP contribution in [0.4, 0.5) is 5.69 Å². The van der Waals surface area contributed by atoms with Crippen molar-refractivity contribution in [2.45, 2.75) is 38.0 Å². The quantitative estimate of drug-likeness (QED) is 0.631. The number of ether oxygens (including phenoxy) is 2. The fourth-order valence-corrected chi connectivity index (χ4v) is 4.55. The Bertz CT molecular complexity index is 981. The van der Waals surface area contributed by atoms with Gasteiger partial charge in [0.2, 0.25) is 0 Å². The highest BCUT2D eigenvalue weighted by Crippen LogP contribution is 2.40. The van der Waals surface area contributed by atoms with Crippen LogP contribution in [-0.2, 0) is 11.2 Å². The lowest BCUT2D eigenvalue weighted by Gasteiger charge is -2.39. The highest BCUT2D eigenvalue weighted by Gasteiger charge is 2.29. The average molecular weight is 402 g/mol. The monoisotopic (exact) mass is 401 g/mol. The molecule has 2 aliphatic rings. The molecular weight excluding hydrogens is 374 g/mol. The van der Waals surface area contributed by atoms with E-state index in [1.165, 1.54) is 22.4 Å². The molecule has 0 aromatic heterocycles. The average Bonchev–Trinajstić information content (AvgIpc) is 2.80. The third-order valence-corrected chi connectivity index (χ3v) is 6.04. The molecule has 1 saturated heterocycles. The van der Waals surface area contributed by atoms with E-state index in [2.05, 4.69) is 47.4 Å². The standard InChI is InChI=1S/C26H27NO3/c28-22-11-9-19(10-12-22)26-24-14-13-23(30-25-8-4-5-17-29-25)18-20(24)15-16-27(26)21-6-2-1-3-7-21/h1-3,6-7,9-14,18,25-26,28H,4-5,8,15-17H2. The van der Waals surface area contributed by atoms with E-state index in [0.29, 0.717) is 0 Å². The Kier molecular flexibility index (Phi) is 5.33. The van der Waals surface area contributed by atoms with Gasteiger partial charge in [-0.2, -0.15) is 0 Å². The zero-order valence-electron chi connectivity index (χ0n) is 17.0. The van der Waals surface area contributed by atoms with E-state index in [4.69, 9.17) is 9.47 Å². The van der Waals surface area contributed by atoms with Crippen LogP contribution in [0.3, 0.4) is 0 Å². The Hall–Kier alpha value is -2.98. The molecule has 0 aliphatic carbocycles. The second-order valence-corrected chi connectivity index (χ2v) is 8.05. The van der Waals surface area contributed by atoms with Crippen molar-refractivity contribution in [2.75, 3.05) is 18.1 Å². The van der Waals surface area contributed by atoms with Gasteiger partial charge in [0.15, 0.2) is 6.29 Å². The molecule has 0 bridgehead atoms. The summed E-state index contributed by atoms with van der Waals surface area (Å²) in [5.41, 5.74) is 4.97. The normalized spacial score (nSPS) is 21.1. The first-order valence-corrected chi connectivity index (χ1v) is 10.8. The molecule has 1 N–H and O–H groups in total. The number of phenolic OH excluding ortho intramolecular Hbond substituents is 1. The van der Waals surface area contributed by atoms with Crippen LogP contribution >= 0.6 is 0 Å². The summed E-state index contributed by atoms with van der Waals surface area (Å²) in [5.74, 6) is 1.18. The summed E-state index contributed by atoms with van der Waals surface area (Å²) in [7, 11) is 0. The van der Waals surface area contributed by atoms with Gasteiger partial charge in [-0.1, -0.05) is 36.4 Å². The number of para-hydroxylation sites is 1. The number of fused-ring (bicyclic) bond motifs is 1. The van der Waals surface area contributed by atoms with E-state index in [1.54, 1.807) is 12.1 Å². The van der Waals surface area contributed by atoms with Gasteiger partial charge in [0, 0.05) is 18.7 Å². The minimum absolute atomic E-state index is 0.0942. The van der Waals surface area contributed by atoms with Crippen LogP contribution in [0.15, 0.2) is 72.8 Å². The van der Waals surface area contributed by atoms with E-state index in [1.807, 2.05) is 18.2 Å². The number of aromatic hydroxyl groups is 1. The fraction of sp³-hybridized carbons (Fsp3) is 0.308. The predicted molar refractivity (Wildman–Crippen MR) is 118 cm³/mol. The SMILES string of the molecule is Oc1ccc(C2c3ccc(OC4CCCCO4)cc3CCN2c2ccccc2)cc1. The number of hydrogen-bond acceptors (Lipinski definition) is 4. The maximum atomic E-state index is 9.78. The van der Waals surface area contributed by atoms with E-state index in [0.717, 1.165) is 44.6 Å². The minimum atomic E-state index is -0.130. The van der Waals surface area contributed by atoms with E-state index >= 15 is 0 Å².